The van der Waals surface area contributed by atoms with Crippen molar-refractivity contribution in [3.8, 4) is 12.1 Å². The molecule has 5 nitrogen and oxygen atoms in total. The summed E-state index contributed by atoms with van der Waals surface area (Å²) in [6.45, 7) is 3.87. The topological polar surface area (TPSA) is 65.6 Å². The zero-order valence-corrected chi connectivity index (χ0v) is 8.69. The average Bonchev–Trinajstić information content (AvgIpc) is 3.13. The lowest BCUT2D eigenvalue weighted by molar-refractivity contribution is 0.415. The van der Waals surface area contributed by atoms with Gasteiger partial charge in [0.1, 0.15) is 0 Å². The molecule has 0 saturated carbocycles. The number of nitrogens with one attached hydrogen (secondary N) is 1. The molecule has 2 fully saturated rings. The summed E-state index contributed by atoms with van der Waals surface area (Å²) in [6, 6.07) is 4.30. The Morgan fingerprint density at radius 2 is 1.47 bits per heavy atom. The predicted molar refractivity (Wildman–Crippen MR) is 54.3 cm³/mol. The maximum absolute atomic E-state index is 8.43. The minimum absolute atomic E-state index is 0.468. The van der Waals surface area contributed by atoms with Gasteiger partial charge in [0.05, 0.1) is 24.5 Å². The first-order chi connectivity index (χ1) is 7.35. The van der Waals surface area contributed by atoms with E-state index in [1.165, 1.54) is 0 Å². The third-order valence-corrected chi connectivity index (χ3v) is 2.84. The summed E-state index contributed by atoms with van der Waals surface area (Å²) >= 11 is 0. The third kappa shape index (κ3) is 2.90. The van der Waals surface area contributed by atoms with E-state index in [1.807, 2.05) is 0 Å². The van der Waals surface area contributed by atoms with Gasteiger partial charge in [-0.1, -0.05) is 0 Å². The maximum Gasteiger partial charge on any atom is 0.0742 e. The Balaban J connectivity index is 1.54. The van der Waals surface area contributed by atoms with Crippen molar-refractivity contribution in [2.24, 2.45) is 0 Å². The second-order valence-corrected chi connectivity index (χ2v) is 4.00. The minimum Gasteiger partial charge on any atom is -0.284 e. The lowest BCUT2D eigenvalue weighted by atomic mass is 10.5. The Hall–Kier alpha value is -1.14. The van der Waals surface area contributed by atoms with Crippen molar-refractivity contribution < 1.29 is 0 Å². The van der Waals surface area contributed by atoms with E-state index in [-0.39, 0.29) is 0 Å². The first-order valence-electron chi connectivity index (χ1n) is 5.33. The first-order valence-corrected chi connectivity index (χ1v) is 5.33. The smallest absolute Gasteiger partial charge is 0.0742 e. The van der Waals surface area contributed by atoms with Crippen LogP contribution in [0.15, 0.2) is 0 Å². The summed E-state index contributed by atoms with van der Waals surface area (Å²) in [7, 11) is 0. The van der Waals surface area contributed by atoms with Crippen LogP contribution in [0.4, 0.5) is 0 Å². The van der Waals surface area contributed by atoms with Crippen molar-refractivity contribution in [2.75, 3.05) is 26.2 Å². The van der Waals surface area contributed by atoms with Gasteiger partial charge in [-0.15, -0.1) is 0 Å². The molecule has 0 bridgehead atoms. The zero-order chi connectivity index (χ0) is 10.7. The van der Waals surface area contributed by atoms with Crippen LogP contribution >= 0.6 is 0 Å². The largest absolute Gasteiger partial charge is 0.284 e. The molecule has 4 atom stereocenters. The molecular formula is C10H15N5. The van der Waals surface area contributed by atoms with Gasteiger partial charge in [-0.2, -0.15) is 10.5 Å². The van der Waals surface area contributed by atoms with Crippen molar-refractivity contribution in [1.82, 2.24) is 15.1 Å². The number of rotatable bonds is 6. The highest BCUT2D eigenvalue weighted by Crippen LogP contribution is 2.21. The van der Waals surface area contributed by atoms with Crippen LogP contribution in [0, 0.1) is 22.7 Å². The summed E-state index contributed by atoms with van der Waals surface area (Å²) < 4.78 is 0. The number of nitriles is 2. The molecule has 2 unspecified atom stereocenters. The summed E-state index contributed by atoms with van der Waals surface area (Å²) in [4.78, 5) is 4.51. The molecule has 0 aromatic rings. The van der Waals surface area contributed by atoms with Gasteiger partial charge >= 0.3 is 0 Å². The molecule has 15 heavy (non-hydrogen) atoms. The van der Waals surface area contributed by atoms with Crippen LogP contribution in [-0.2, 0) is 0 Å². The molecule has 2 saturated heterocycles. The van der Waals surface area contributed by atoms with Crippen molar-refractivity contribution in [3.63, 3.8) is 0 Å². The van der Waals surface area contributed by atoms with Gasteiger partial charge in [0.25, 0.3) is 0 Å². The van der Waals surface area contributed by atoms with Gasteiger partial charge < -0.3 is 0 Å². The Morgan fingerprint density at radius 3 is 1.87 bits per heavy atom. The summed E-state index contributed by atoms with van der Waals surface area (Å²) in [5.41, 5.74) is 0. The molecule has 0 aliphatic carbocycles. The van der Waals surface area contributed by atoms with Crippen LogP contribution in [0.25, 0.3) is 0 Å². The molecule has 1 N–H and O–H groups in total. The average molecular weight is 205 g/mol. The normalized spacial score (nSPS) is 36.7. The summed E-state index contributed by atoms with van der Waals surface area (Å²) in [5, 5.41) is 20.3. The lowest BCUT2D eigenvalue weighted by Gasteiger charge is -2.03. The number of nitrogens with zero attached hydrogens (tertiary/aromatic N) is 4. The molecule has 5 heteroatoms. The van der Waals surface area contributed by atoms with E-state index in [1.54, 1.807) is 0 Å². The molecule has 0 radical (unpaired) electrons. The van der Waals surface area contributed by atoms with Crippen LogP contribution in [0.1, 0.15) is 12.8 Å². The zero-order valence-electron chi connectivity index (χ0n) is 8.69. The van der Waals surface area contributed by atoms with E-state index in [4.69, 9.17) is 10.5 Å². The van der Waals surface area contributed by atoms with E-state index in [0.717, 1.165) is 26.2 Å². The Bertz CT molecular complexity index is 272. The lowest BCUT2D eigenvalue weighted by Crippen LogP contribution is -2.28. The van der Waals surface area contributed by atoms with Gasteiger partial charge in [0, 0.05) is 39.0 Å². The second kappa shape index (κ2) is 4.59. The quantitative estimate of drug-likeness (QED) is 0.602. The van der Waals surface area contributed by atoms with Crippen LogP contribution < -0.4 is 5.32 Å². The van der Waals surface area contributed by atoms with Crippen molar-refractivity contribution in [1.29, 1.82) is 10.5 Å². The maximum atomic E-state index is 8.43. The summed E-state index contributed by atoms with van der Waals surface area (Å²) in [6.07, 6.45) is 2.16. The Kier molecular flexibility index (Phi) is 3.17. The second-order valence-electron chi connectivity index (χ2n) is 4.00. The molecule has 2 heterocycles. The molecule has 2 aliphatic heterocycles. The predicted octanol–water partition coefficient (Wildman–Crippen LogP) is -0.313. The van der Waals surface area contributed by atoms with Gasteiger partial charge in [0.15, 0.2) is 0 Å². The molecular weight excluding hydrogens is 190 g/mol. The molecule has 0 aromatic carbocycles. The van der Waals surface area contributed by atoms with Crippen LogP contribution in [0.2, 0.25) is 0 Å². The third-order valence-electron chi connectivity index (χ3n) is 2.84. The number of hydrogen-bond donors (Lipinski definition) is 1. The van der Waals surface area contributed by atoms with Crippen LogP contribution in [0.3, 0.4) is 0 Å². The molecule has 0 aromatic heterocycles. The standard InChI is InChI=1S/C10H15N5/c11-3-1-5-14-7-9(14)13-10-8-15(10)6-2-4-12/h9-10,13H,1-2,5-8H2/t9-,10+,14?,15?. The first kappa shape index (κ1) is 10.4. The van der Waals surface area contributed by atoms with E-state index in [9.17, 15) is 0 Å². The molecule has 80 valence electrons. The van der Waals surface area contributed by atoms with Gasteiger partial charge in [-0.25, -0.2) is 0 Å². The van der Waals surface area contributed by atoms with E-state index in [2.05, 4.69) is 27.3 Å². The number of hydrogen-bond acceptors (Lipinski definition) is 5. The van der Waals surface area contributed by atoms with Crippen molar-refractivity contribution in [3.05, 3.63) is 0 Å². The SMILES string of the molecule is N#CCCN1C[C@@H]1N[C@@H]1CN1CCC#N. The fourth-order valence-electron chi connectivity index (χ4n) is 1.77. The van der Waals surface area contributed by atoms with Crippen LogP contribution in [0.5, 0.6) is 0 Å². The highest BCUT2D eigenvalue weighted by Gasteiger charge is 2.41. The molecule has 0 spiro atoms. The van der Waals surface area contributed by atoms with E-state index < -0.39 is 0 Å². The molecule has 0 amide bonds. The van der Waals surface area contributed by atoms with E-state index >= 15 is 0 Å². The van der Waals surface area contributed by atoms with Crippen molar-refractivity contribution >= 4 is 0 Å². The highest BCUT2D eigenvalue weighted by molar-refractivity contribution is 4.97. The van der Waals surface area contributed by atoms with Crippen LogP contribution in [-0.4, -0.2) is 48.3 Å². The Morgan fingerprint density at radius 1 is 1.00 bits per heavy atom. The molecule has 2 rings (SSSR count). The Labute approximate surface area is 89.9 Å². The van der Waals surface area contributed by atoms with Crippen molar-refractivity contribution in [2.45, 2.75) is 25.2 Å². The highest BCUT2D eigenvalue weighted by atomic mass is 15.5. The fraction of sp³-hybridized carbons (Fsp3) is 0.800. The van der Waals surface area contributed by atoms with Gasteiger partial charge in [-0.05, 0) is 0 Å². The van der Waals surface area contributed by atoms with Gasteiger partial charge in [-0.3, -0.25) is 15.1 Å². The van der Waals surface area contributed by atoms with E-state index in [0.29, 0.717) is 25.2 Å². The molecule has 2 aliphatic rings. The summed E-state index contributed by atoms with van der Waals surface area (Å²) in [5.74, 6) is 0. The minimum atomic E-state index is 0.468. The van der Waals surface area contributed by atoms with Gasteiger partial charge in [0.2, 0.25) is 0 Å². The fourth-order valence-corrected chi connectivity index (χ4v) is 1.77. The monoisotopic (exact) mass is 205 g/mol.